The molecular weight excluding hydrogens is 463 g/mol. The molecule has 184 valence electrons. The number of benzene rings is 2. The molecule has 1 aliphatic rings. The Morgan fingerprint density at radius 3 is 2.60 bits per heavy atom. The Bertz CT molecular complexity index is 1150. The molecule has 0 aliphatic carbocycles. The minimum Gasteiger partial charge on any atom is -0.488 e. The van der Waals surface area contributed by atoms with Gasteiger partial charge in [-0.05, 0) is 47.0 Å². The van der Waals surface area contributed by atoms with Crippen LogP contribution in [-0.4, -0.2) is 47.9 Å². The van der Waals surface area contributed by atoms with E-state index < -0.39 is 5.82 Å². The lowest BCUT2D eigenvalue weighted by atomic mass is 10.00. The lowest BCUT2D eigenvalue weighted by Gasteiger charge is -2.37. The van der Waals surface area contributed by atoms with Crippen LogP contribution in [0.3, 0.4) is 0 Å². The number of thiophene rings is 1. The second-order valence-corrected chi connectivity index (χ2v) is 10.2. The third-order valence-electron chi connectivity index (χ3n) is 6.11. The van der Waals surface area contributed by atoms with Gasteiger partial charge in [0.2, 0.25) is 11.8 Å². The molecule has 0 unspecified atom stereocenters. The molecule has 0 N–H and O–H groups in total. The zero-order chi connectivity index (χ0) is 24.8. The molecule has 7 heteroatoms. The van der Waals surface area contributed by atoms with Gasteiger partial charge in [0, 0.05) is 18.0 Å². The normalized spacial score (nSPS) is 15.1. The van der Waals surface area contributed by atoms with Gasteiger partial charge in [-0.1, -0.05) is 56.3 Å². The number of halogens is 1. The topological polar surface area (TPSA) is 49.9 Å². The minimum absolute atomic E-state index is 0.0134. The summed E-state index contributed by atoms with van der Waals surface area (Å²) in [4.78, 5) is 31.4. The van der Waals surface area contributed by atoms with E-state index in [-0.39, 0.29) is 49.1 Å². The number of ether oxygens (including phenoxy) is 1. The maximum atomic E-state index is 14.1. The zero-order valence-corrected chi connectivity index (χ0v) is 21.0. The third-order valence-corrected chi connectivity index (χ3v) is 7.11. The molecule has 0 bridgehead atoms. The predicted octanol–water partition coefficient (Wildman–Crippen LogP) is 5.12. The van der Waals surface area contributed by atoms with E-state index in [0.29, 0.717) is 13.1 Å². The first-order valence-electron chi connectivity index (χ1n) is 12.0. The third kappa shape index (κ3) is 6.28. The SMILES string of the molecule is CC(C)CN(CC(=O)N1CCc2sccc2[C@@H]1COc1ccccc1F)C(=O)Cc1ccccc1. The number of rotatable bonds is 9. The van der Waals surface area contributed by atoms with Gasteiger partial charge >= 0.3 is 0 Å². The van der Waals surface area contributed by atoms with E-state index in [1.54, 1.807) is 39.3 Å². The number of hydrogen-bond donors (Lipinski definition) is 0. The molecule has 1 atom stereocenters. The summed E-state index contributed by atoms with van der Waals surface area (Å²) in [5.74, 6) is -0.215. The van der Waals surface area contributed by atoms with Crippen molar-refractivity contribution in [3.05, 3.63) is 87.9 Å². The molecule has 2 heterocycles. The van der Waals surface area contributed by atoms with Crippen molar-refractivity contribution in [1.29, 1.82) is 0 Å². The van der Waals surface area contributed by atoms with Gasteiger partial charge in [-0.3, -0.25) is 9.59 Å². The van der Waals surface area contributed by atoms with E-state index in [4.69, 9.17) is 4.74 Å². The summed E-state index contributed by atoms with van der Waals surface area (Å²) in [7, 11) is 0. The number of carbonyl (C=O) groups is 2. The number of nitrogens with zero attached hydrogens (tertiary/aromatic N) is 2. The summed E-state index contributed by atoms with van der Waals surface area (Å²) in [5, 5.41) is 2.02. The summed E-state index contributed by atoms with van der Waals surface area (Å²) in [5.41, 5.74) is 1.97. The quantitative estimate of drug-likeness (QED) is 0.415. The van der Waals surface area contributed by atoms with Gasteiger partial charge < -0.3 is 14.5 Å². The fraction of sp³-hybridized carbons (Fsp3) is 0.357. The van der Waals surface area contributed by atoms with Gasteiger partial charge in [0.1, 0.15) is 6.61 Å². The first-order valence-corrected chi connectivity index (χ1v) is 12.8. The fourth-order valence-corrected chi connectivity index (χ4v) is 5.37. The van der Waals surface area contributed by atoms with Crippen LogP contribution in [0.2, 0.25) is 0 Å². The smallest absolute Gasteiger partial charge is 0.242 e. The number of hydrogen-bond acceptors (Lipinski definition) is 4. The Morgan fingerprint density at radius 1 is 1.11 bits per heavy atom. The van der Waals surface area contributed by atoms with Crippen molar-refractivity contribution in [2.75, 3.05) is 26.2 Å². The second-order valence-electron chi connectivity index (χ2n) is 9.22. The van der Waals surface area contributed by atoms with Crippen molar-refractivity contribution >= 4 is 23.2 Å². The van der Waals surface area contributed by atoms with Crippen molar-refractivity contribution in [3.8, 4) is 5.75 Å². The Hall–Kier alpha value is -3.19. The van der Waals surface area contributed by atoms with Gasteiger partial charge in [-0.2, -0.15) is 0 Å². The maximum absolute atomic E-state index is 14.1. The first-order chi connectivity index (χ1) is 16.9. The van der Waals surface area contributed by atoms with Crippen molar-refractivity contribution in [3.63, 3.8) is 0 Å². The molecule has 2 aromatic carbocycles. The molecule has 4 rings (SSSR count). The van der Waals surface area contributed by atoms with Crippen molar-refractivity contribution in [1.82, 2.24) is 9.80 Å². The Labute approximate surface area is 210 Å². The molecule has 0 spiro atoms. The van der Waals surface area contributed by atoms with Crippen LogP contribution >= 0.6 is 11.3 Å². The number of carbonyl (C=O) groups excluding carboxylic acids is 2. The molecule has 2 amide bonds. The van der Waals surface area contributed by atoms with E-state index in [2.05, 4.69) is 0 Å². The largest absolute Gasteiger partial charge is 0.488 e. The Kier molecular flexibility index (Phi) is 8.18. The number of fused-ring (bicyclic) bond motifs is 1. The summed E-state index contributed by atoms with van der Waals surface area (Å²) >= 11 is 1.66. The molecule has 1 aromatic heterocycles. The van der Waals surface area contributed by atoms with Crippen LogP contribution in [0.15, 0.2) is 66.0 Å². The average molecular weight is 495 g/mol. The van der Waals surface area contributed by atoms with Gasteiger partial charge in [0.15, 0.2) is 11.6 Å². The monoisotopic (exact) mass is 494 g/mol. The molecule has 35 heavy (non-hydrogen) atoms. The van der Waals surface area contributed by atoms with E-state index in [0.717, 1.165) is 17.5 Å². The Balaban J connectivity index is 1.50. The van der Waals surface area contributed by atoms with Crippen molar-refractivity contribution < 1.29 is 18.7 Å². The van der Waals surface area contributed by atoms with Crippen LogP contribution in [0.25, 0.3) is 0 Å². The molecule has 0 saturated carbocycles. The zero-order valence-electron chi connectivity index (χ0n) is 20.2. The van der Waals surface area contributed by atoms with Crippen molar-refractivity contribution in [2.24, 2.45) is 5.92 Å². The second kappa shape index (κ2) is 11.5. The predicted molar refractivity (Wildman–Crippen MR) is 136 cm³/mol. The summed E-state index contributed by atoms with van der Waals surface area (Å²) < 4.78 is 20.0. The lowest BCUT2D eigenvalue weighted by molar-refractivity contribution is -0.142. The number of para-hydroxylation sites is 1. The highest BCUT2D eigenvalue weighted by Crippen LogP contribution is 2.34. The molecular formula is C28H31FN2O3S. The molecule has 0 saturated heterocycles. The van der Waals surface area contributed by atoms with Crippen molar-refractivity contribution in [2.45, 2.75) is 32.7 Å². The van der Waals surface area contributed by atoms with E-state index in [1.807, 2.05) is 55.6 Å². The van der Waals surface area contributed by atoms with E-state index >= 15 is 0 Å². The maximum Gasteiger partial charge on any atom is 0.242 e. The van der Waals surface area contributed by atoms with Crippen LogP contribution < -0.4 is 4.74 Å². The van der Waals surface area contributed by atoms with Crippen LogP contribution in [0.5, 0.6) is 5.75 Å². The van der Waals surface area contributed by atoms with Crippen LogP contribution in [0, 0.1) is 11.7 Å². The van der Waals surface area contributed by atoms with Gasteiger partial charge in [-0.25, -0.2) is 4.39 Å². The highest BCUT2D eigenvalue weighted by Gasteiger charge is 2.33. The highest BCUT2D eigenvalue weighted by atomic mass is 32.1. The van der Waals surface area contributed by atoms with E-state index in [9.17, 15) is 14.0 Å². The fourth-order valence-electron chi connectivity index (χ4n) is 4.44. The standard InChI is InChI=1S/C28H31FN2O3S/c1-20(2)17-30(27(32)16-21-8-4-3-5-9-21)18-28(33)31-14-12-26-22(13-15-35-26)24(31)19-34-25-11-7-6-10-23(25)29/h3-11,13,15,20,24H,12,14,16-19H2,1-2H3/t24-/m0/s1. The highest BCUT2D eigenvalue weighted by molar-refractivity contribution is 7.10. The average Bonchev–Trinajstić information content (AvgIpc) is 3.32. The summed E-state index contributed by atoms with van der Waals surface area (Å²) in [6, 6.07) is 17.6. The van der Waals surface area contributed by atoms with Crippen LogP contribution in [0.1, 0.15) is 35.9 Å². The Morgan fingerprint density at radius 2 is 1.86 bits per heavy atom. The first kappa shape index (κ1) is 24.9. The lowest BCUT2D eigenvalue weighted by Crippen LogP contribution is -2.48. The minimum atomic E-state index is -0.429. The number of amides is 2. The van der Waals surface area contributed by atoms with Gasteiger partial charge in [0.05, 0.1) is 19.0 Å². The summed E-state index contributed by atoms with van der Waals surface area (Å²) in [6.45, 7) is 5.29. The molecule has 3 aromatic rings. The summed E-state index contributed by atoms with van der Waals surface area (Å²) in [6.07, 6.45) is 1.02. The van der Waals surface area contributed by atoms with Gasteiger partial charge in [0.25, 0.3) is 0 Å². The molecule has 1 aliphatic heterocycles. The molecule has 0 fully saturated rings. The van der Waals surface area contributed by atoms with Crippen LogP contribution in [0.4, 0.5) is 4.39 Å². The molecule has 0 radical (unpaired) electrons. The van der Waals surface area contributed by atoms with Gasteiger partial charge in [-0.15, -0.1) is 11.3 Å². The molecule has 5 nitrogen and oxygen atoms in total. The van der Waals surface area contributed by atoms with Crippen LogP contribution in [-0.2, 0) is 22.4 Å². The van der Waals surface area contributed by atoms with E-state index in [1.165, 1.54) is 10.9 Å².